The molecule has 1 aliphatic rings. The Morgan fingerprint density at radius 1 is 1.50 bits per heavy atom. The minimum absolute atomic E-state index is 0.738. The van der Waals surface area contributed by atoms with E-state index in [0.29, 0.717) is 0 Å². The van der Waals surface area contributed by atoms with E-state index in [2.05, 4.69) is 37.1 Å². The van der Waals surface area contributed by atoms with Crippen molar-refractivity contribution in [3.05, 3.63) is 16.9 Å². The lowest BCUT2D eigenvalue weighted by Crippen LogP contribution is -2.22. The summed E-state index contributed by atoms with van der Waals surface area (Å²) >= 11 is 5.26. The van der Waals surface area contributed by atoms with Crippen LogP contribution in [0.25, 0.3) is 0 Å². The van der Waals surface area contributed by atoms with Crippen LogP contribution in [0.5, 0.6) is 0 Å². The average molecular weight is 274 g/mol. The number of hydrogen-bond acceptors (Lipinski definition) is 4. The molecule has 0 N–H and O–H groups in total. The van der Waals surface area contributed by atoms with Crippen molar-refractivity contribution in [2.24, 2.45) is 0 Å². The normalized spacial score (nSPS) is 21.6. The highest BCUT2D eigenvalue weighted by Crippen LogP contribution is 2.23. The summed E-state index contributed by atoms with van der Waals surface area (Å²) in [6.07, 6.45) is 7.00. The van der Waals surface area contributed by atoms with Crippen molar-refractivity contribution >= 4 is 33.6 Å². The van der Waals surface area contributed by atoms with Crippen molar-refractivity contribution in [3.63, 3.8) is 0 Å². The van der Waals surface area contributed by atoms with E-state index in [9.17, 15) is 0 Å². The lowest BCUT2D eigenvalue weighted by Gasteiger charge is -2.15. The third-order valence-corrected chi connectivity index (χ3v) is 3.83. The number of hydrogen-bond donors (Lipinski definition) is 0. The zero-order valence-corrected chi connectivity index (χ0v) is 10.4. The fourth-order valence-electron chi connectivity index (χ4n) is 1.57. The van der Waals surface area contributed by atoms with E-state index in [0.717, 1.165) is 28.8 Å². The van der Waals surface area contributed by atoms with Crippen LogP contribution < -0.4 is 4.90 Å². The maximum atomic E-state index is 4.29. The zero-order chi connectivity index (χ0) is 9.97. The molecule has 0 radical (unpaired) electrons. The van der Waals surface area contributed by atoms with Crippen LogP contribution in [0, 0.1) is 0 Å². The van der Waals surface area contributed by atoms with E-state index >= 15 is 0 Å². The highest BCUT2D eigenvalue weighted by atomic mass is 79.9. The molecule has 14 heavy (non-hydrogen) atoms. The maximum absolute atomic E-state index is 4.29. The van der Waals surface area contributed by atoms with Gasteiger partial charge < -0.3 is 4.90 Å². The van der Waals surface area contributed by atoms with E-state index in [1.807, 2.05) is 11.8 Å². The molecule has 2 rings (SSSR count). The Balaban J connectivity index is 2.06. The fourth-order valence-corrected chi connectivity index (χ4v) is 2.45. The molecule has 5 heteroatoms. The second kappa shape index (κ2) is 4.49. The molecule has 1 atom stereocenters. The Morgan fingerprint density at radius 3 is 2.79 bits per heavy atom. The van der Waals surface area contributed by atoms with Gasteiger partial charge in [0, 0.05) is 30.7 Å². The van der Waals surface area contributed by atoms with E-state index in [1.54, 1.807) is 12.4 Å². The van der Waals surface area contributed by atoms with Gasteiger partial charge in [0.2, 0.25) is 5.95 Å². The Bertz CT molecular complexity index is 303. The van der Waals surface area contributed by atoms with E-state index in [1.165, 1.54) is 6.42 Å². The van der Waals surface area contributed by atoms with Crippen LogP contribution in [-0.2, 0) is 0 Å². The summed E-state index contributed by atoms with van der Waals surface area (Å²) in [6.45, 7) is 2.15. The van der Waals surface area contributed by atoms with Gasteiger partial charge in [-0.3, -0.25) is 0 Å². The van der Waals surface area contributed by atoms with Crippen LogP contribution in [0.4, 0.5) is 5.95 Å². The fraction of sp³-hybridized carbons (Fsp3) is 0.556. The van der Waals surface area contributed by atoms with Crippen molar-refractivity contribution in [1.29, 1.82) is 0 Å². The predicted molar refractivity (Wildman–Crippen MR) is 63.9 cm³/mol. The third-order valence-electron chi connectivity index (χ3n) is 2.37. The van der Waals surface area contributed by atoms with Gasteiger partial charge in [-0.25, -0.2) is 9.97 Å². The Hall–Kier alpha value is -0.290. The summed E-state index contributed by atoms with van der Waals surface area (Å²) in [5.41, 5.74) is 0. The van der Waals surface area contributed by atoms with Crippen molar-refractivity contribution < 1.29 is 0 Å². The molecule has 1 saturated heterocycles. The summed E-state index contributed by atoms with van der Waals surface area (Å²) in [4.78, 5) is 10.8. The Labute approximate surface area is 96.4 Å². The van der Waals surface area contributed by atoms with Crippen LogP contribution in [0.15, 0.2) is 16.9 Å². The number of halogens is 1. The third kappa shape index (κ3) is 2.20. The smallest absolute Gasteiger partial charge is 0.225 e. The van der Waals surface area contributed by atoms with Crippen LogP contribution in [0.3, 0.4) is 0 Å². The van der Waals surface area contributed by atoms with E-state index in [-0.39, 0.29) is 0 Å². The van der Waals surface area contributed by atoms with Crippen molar-refractivity contribution in [2.75, 3.05) is 24.2 Å². The molecule has 0 aliphatic carbocycles. The van der Waals surface area contributed by atoms with Gasteiger partial charge in [-0.15, -0.1) is 0 Å². The zero-order valence-electron chi connectivity index (χ0n) is 7.98. The second-order valence-electron chi connectivity index (χ2n) is 3.29. The molecule has 1 aromatic rings. The summed E-state index contributed by atoms with van der Waals surface area (Å²) in [6, 6.07) is 0. The van der Waals surface area contributed by atoms with Gasteiger partial charge in [0.05, 0.1) is 4.47 Å². The number of thioether (sulfide) groups is 1. The molecule has 1 aromatic heterocycles. The molecule has 0 unspecified atom stereocenters. The van der Waals surface area contributed by atoms with Gasteiger partial charge in [0.1, 0.15) is 0 Å². The molecule has 0 spiro atoms. The molecule has 0 amide bonds. The first-order valence-corrected chi connectivity index (χ1v) is 6.63. The largest absolute Gasteiger partial charge is 0.340 e. The van der Waals surface area contributed by atoms with E-state index < -0.39 is 0 Å². The SMILES string of the molecule is CS[C@H]1CCN(c2ncc(Br)cn2)C1. The van der Waals surface area contributed by atoms with Gasteiger partial charge in [-0.2, -0.15) is 11.8 Å². The molecule has 76 valence electrons. The van der Waals surface area contributed by atoms with Crippen molar-refractivity contribution in [3.8, 4) is 0 Å². The summed E-state index contributed by atoms with van der Waals surface area (Å²) in [7, 11) is 0. The number of aromatic nitrogens is 2. The quantitative estimate of drug-likeness (QED) is 0.826. The first-order valence-electron chi connectivity index (χ1n) is 4.55. The van der Waals surface area contributed by atoms with Gasteiger partial charge in [-0.1, -0.05) is 0 Å². The molecular formula is C9H12BrN3S. The van der Waals surface area contributed by atoms with Crippen LogP contribution in [0.1, 0.15) is 6.42 Å². The number of nitrogens with zero attached hydrogens (tertiary/aromatic N) is 3. The number of rotatable bonds is 2. The molecule has 0 saturated carbocycles. The second-order valence-corrected chi connectivity index (χ2v) is 5.35. The van der Waals surface area contributed by atoms with Crippen LogP contribution in [0.2, 0.25) is 0 Å². The molecule has 3 nitrogen and oxygen atoms in total. The first kappa shape index (κ1) is 10.2. The Kier molecular flexibility index (Phi) is 3.28. The lowest BCUT2D eigenvalue weighted by atomic mass is 10.4. The number of anilines is 1. The average Bonchev–Trinajstić information content (AvgIpc) is 2.67. The first-order chi connectivity index (χ1) is 6.79. The standard InChI is InChI=1S/C9H12BrN3S/c1-14-8-2-3-13(6-8)9-11-4-7(10)5-12-9/h4-5,8H,2-3,6H2,1H3/t8-/m0/s1. The highest BCUT2D eigenvalue weighted by Gasteiger charge is 2.23. The molecule has 0 aromatic carbocycles. The predicted octanol–water partition coefficient (Wildman–Crippen LogP) is 2.18. The monoisotopic (exact) mass is 273 g/mol. The lowest BCUT2D eigenvalue weighted by molar-refractivity contribution is 0.897. The van der Waals surface area contributed by atoms with Crippen molar-refractivity contribution in [1.82, 2.24) is 9.97 Å². The Morgan fingerprint density at radius 2 is 2.21 bits per heavy atom. The molecule has 0 bridgehead atoms. The van der Waals surface area contributed by atoms with E-state index in [4.69, 9.17) is 0 Å². The molecule has 1 fully saturated rings. The minimum Gasteiger partial charge on any atom is -0.340 e. The highest BCUT2D eigenvalue weighted by molar-refractivity contribution is 9.10. The van der Waals surface area contributed by atoms with Gasteiger partial charge in [0.15, 0.2) is 0 Å². The van der Waals surface area contributed by atoms with Gasteiger partial charge in [0.25, 0.3) is 0 Å². The summed E-state index contributed by atoms with van der Waals surface area (Å²) < 4.78 is 0.932. The van der Waals surface area contributed by atoms with Gasteiger partial charge in [-0.05, 0) is 28.6 Å². The molecule has 1 aliphatic heterocycles. The topological polar surface area (TPSA) is 29.0 Å². The minimum atomic E-state index is 0.738. The van der Waals surface area contributed by atoms with Crippen LogP contribution in [-0.4, -0.2) is 34.6 Å². The van der Waals surface area contributed by atoms with Crippen LogP contribution >= 0.6 is 27.7 Å². The van der Waals surface area contributed by atoms with Gasteiger partial charge >= 0.3 is 0 Å². The van der Waals surface area contributed by atoms with Crippen molar-refractivity contribution in [2.45, 2.75) is 11.7 Å². The maximum Gasteiger partial charge on any atom is 0.225 e. The summed E-state index contributed by atoms with van der Waals surface area (Å²) in [5, 5.41) is 0.738. The molecular weight excluding hydrogens is 262 g/mol. The molecule has 2 heterocycles. The summed E-state index contributed by atoms with van der Waals surface area (Å²) in [5.74, 6) is 0.852.